The van der Waals surface area contributed by atoms with Crippen LogP contribution in [0.1, 0.15) is 43.5 Å². The summed E-state index contributed by atoms with van der Waals surface area (Å²) in [5, 5.41) is 13.6. The lowest BCUT2D eigenvalue weighted by molar-refractivity contribution is -0.120. The molecular formula is C15H18N2O3. The van der Waals surface area contributed by atoms with Gasteiger partial charge in [-0.2, -0.15) is 5.10 Å². The van der Waals surface area contributed by atoms with Gasteiger partial charge in [-0.05, 0) is 24.0 Å². The van der Waals surface area contributed by atoms with E-state index < -0.39 is 5.91 Å². The Morgan fingerprint density at radius 1 is 1.30 bits per heavy atom. The van der Waals surface area contributed by atoms with Gasteiger partial charge in [0.15, 0.2) is 0 Å². The molecule has 2 N–H and O–H groups in total. The number of para-hydroxylation sites is 1. The van der Waals surface area contributed by atoms with Gasteiger partial charge in [0, 0.05) is 18.6 Å². The van der Waals surface area contributed by atoms with Crippen LogP contribution in [0.5, 0.6) is 5.75 Å². The first kappa shape index (κ1) is 14.2. The van der Waals surface area contributed by atoms with Crippen molar-refractivity contribution in [2.24, 2.45) is 10.5 Å². The van der Waals surface area contributed by atoms with Gasteiger partial charge in [0.05, 0.1) is 5.56 Å². The van der Waals surface area contributed by atoms with Gasteiger partial charge in [0.1, 0.15) is 11.5 Å². The van der Waals surface area contributed by atoms with E-state index in [9.17, 15) is 14.7 Å². The third-order valence-corrected chi connectivity index (χ3v) is 3.22. The minimum atomic E-state index is -0.480. The molecule has 0 aliphatic heterocycles. The minimum Gasteiger partial charge on any atom is -0.507 e. The first-order chi connectivity index (χ1) is 9.37. The first-order valence-electron chi connectivity index (χ1n) is 6.53. The first-order valence-corrected chi connectivity index (χ1v) is 6.53. The van der Waals surface area contributed by atoms with E-state index in [0.29, 0.717) is 18.6 Å². The summed E-state index contributed by atoms with van der Waals surface area (Å²) >= 11 is 0. The average Bonchev–Trinajstić information content (AvgIpc) is 2.34. The third kappa shape index (κ3) is 3.44. The summed E-state index contributed by atoms with van der Waals surface area (Å²) in [6.45, 7) is 4.01. The predicted octanol–water partition coefficient (Wildman–Crippen LogP) is 2.26. The van der Waals surface area contributed by atoms with Crippen LogP contribution in [0.2, 0.25) is 0 Å². The van der Waals surface area contributed by atoms with Gasteiger partial charge in [-0.1, -0.05) is 26.0 Å². The van der Waals surface area contributed by atoms with Crippen molar-refractivity contribution in [3.63, 3.8) is 0 Å². The zero-order valence-electron chi connectivity index (χ0n) is 11.6. The van der Waals surface area contributed by atoms with E-state index in [1.54, 1.807) is 12.1 Å². The maximum absolute atomic E-state index is 11.9. The van der Waals surface area contributed by atoms with E-state index in [1.807, 2.05) is 13.8 Å². The number of hydrogen-bond acceptors (Lipinski definition) is 4. The normalized spacial score (nSPS) is 19.9. The number of carbonyl (C=O) groups is 2. The highest BCUT2D eigenvalue weighted by molar-refractivity contribution is 6.05. The van der Waals surface area contributed by atoms with Gasteiger partial charge in [0.25, 0.3) is 5.91 Å². The molecule has 0 aromatic heterocycles. The molecule has 5 nitrogen and oxygen atoms in total. The van der Waals surface area contributed by atoms with E-state index in [4.69, 9.17) is 0 Å². The summed E-state index contributed by atoms with van der Waals surface area (Å²) in [5.74, 6) is -0.437. The third-order valence-electron chi connectivity index (χ3n) is 3.22. The molecule has 20 heavy (non-hydrogen) atoms. The number of phenols is 1. The number of nitrogens with one attached hydrogen (secondary N) is 1. The summed E-state index contributed by atoms with van der Waals surface area (Å²) in [4.78, 5) is 23.5. The Bertz CT molecular complexity index is 576. The van der Waals surface area contributed by atoms with Crippen LogP contribution < -0.4 is 5.43 Å². The zero-order valence-corrected chi connectivity index (χ0v) is 11.6. The molecule has 1 aliphatic carbocycles. The molecule has 1 amide bonds. The number of carbonyl (C=O) groups excluding carboxylic acids is 2. The number of hydrazone groups is 1. The summed E-state index contributed by atoms with van der Waals surface area (Å²) < 4.78 is 0. The number of amides is 1. The highest BCUT2D eigenvalue weighted by atomic mass is 16.3. The fourth-order valence-electron chi connectivity index (χ4n) is 2.44. The van der Waals surface area contributed by atoms with Crippen LogP contribution in [0.25, 0.3) is 0 Å². The molecule has 0 atom stereocenters. The van der Waals surface area contributed by atoms with Gasteiger partial charge >= 0.3 is 0 Å². The highest BCUT2D eigenvalue weighted by Crippen LogP contribution is 2.31. The molecule has 0 heterocycles. The number of Topliss-reactive ketones (excluding diaryl/α,β-unsaturated/α-hetero) is 1. The fourth-order valence-corrected chi connectivity index (χ4v) is 2.44. The molecule has 5 heteroatoms. The van der Waals surface area contributed by atoms with Crippen molar-refractivity contribution >= 4 is 17.4 Å². The molecule has 0 radical (unpaired) electrons. The van der Waals surface area contributed by atoms with Gasteiger partial charge in [-0.25, -0.2) is 5.43 Å². The molecular weight excluding hydrogens is 256 g/mol. The molecule has 0 saturated heterocycles. The monoisotopic (exact) mass is 274 g/mol. The smallest absolute Gasteiger partial charge is 0.275 e. The Balaban J connectivity index is 2.08. The summed E-state index contributed by atoms with van der Waals surface area (Å²) in [7, 11) is 0. The molecule has 106 valence electrons. The molecule has 1 fully saturated rings. The number of nitrogens with zero attached hydrogens (tertiary/aromatic N) is 1. The lowest BCUT2D eigenvalue weighted by atomic mass is 9.76. The molecule has 1 aliphatic rings. The van der Waals surface area contributed by atoms with Crippen LogP contribution in [-0.2, 0) is 4.79 Å². The highest BCUT2D eigenvalue weighted by Gasteiger charge is 2.30. The van der Waals surface area contributed by atoms with Crippen molar-refractivity contribution in [3.8, 4) is 5.75 Å². The van der Waals surface area contributed by atoms with Crippen molar-refractivity contribution in [2.75, 3.05) is 0 Å². The van der Waals surface area contributed by atoms with Crippen LogP contribution in [0.4, 0.5) is 0 Å². The lowest BCUT2D eigenvalue weighted by Crippen LogP contribution is -2.31. The van der Waals surface area contributed by atoms with Crippen LogP contribution in [0.3, 0.4) is 0 Å². The van der Waals surface area contributed by atoms with Crippen molar-refractivity contribution in [2.45, 2.75) is 33.1 Å². The quantitative estimate of drug-likeness (QED) is 0.812. The number of hydrogen-bond donors (Lipinski definition) is 2. The van der Waals surface area contributed by atoms with Crippen molar-refractivity contribution < 1.29 is 14.7 Å². The second-order valence-electron chi connectivity index (χ2n) is 5.87. The number of benzene rings is 1. The van der Waals surface area contributed by atoms with Gasteiger partial charge in [-0.3, -0.25) is 9.59 Å². The Morgan fingerprint density at radius 2 is 2.00 bits per heavy atom. The number of ketones is 1. The topological polar surface area (TPSA) is 78.8 Å². The van der Waals surface area contributed by atoms with E-state index in [1.165, 1.54) is 12.1 Å². The largest absolute Gasteiger partial charge is 0.507 e. The minimum absolute atomic E-state index is 0.0924. The zero-order chi connectivity index (χ0) is 14.8. The van der Waals surface area contributed by atoms with Crippen LogP contribution in [0, 0.1) is 5.41 Å². The Kier molecular flexibility index (Phi) is 3.88. The summed E-state index contributed by atoms with van der Waals surface area (Å²) in [6, 6.07) is 6.26. The Labute approximate surface area is 117 Å². The standard InChI is InChI=1S/C15H18N2O3/c1-15(2)8-10(7-11(18)9-15)16-17-14(20)12-5-3-4-6-13(12)19/h3-6,19H,7-9H2,1-2H3,(H,17,20). The lowest BCUT2D eigenvalue weighted by Gasteiger charge is -2.29. The van der Waals surface area contributed by atoms with Crippen molar-refractivity contribution in [1.29, 1.82) is 0 Å². The van der Waals surface area contributed by atoms with Gasteiger partial charge < -0.3 is 5.11 Å². The Morgan fingerprint density at radius 3 is 2.65 bits per heavy atom. The molecule has 2 rings (SSSR count). The van der Waals surface area contributed by atoms with E-state index >= 15 is 0 Å². The van der Waals surface area contributed by atoms with Crippen LogP contribution >= 0.6 is 0 Å². The fraction of sp³-hybridized carbons (Fsp3) is 0.400. The number of phenolic OH excluding ortho intramolecular Hbond substituents is 1. The van der Waals surface area contributed by atoms with Gasteiger partial charge in [-0.15, -0.1) is 0 Å². The summed E-state index contributed by atoms with van der Waals surface area (Å²) in [5.41, 5.74) is 3.13. The van der Waals surface area contributed by atoms with E-state index in [0.717, 1.165) is 0 Å². The van der Waals surface area contributed by atoms with E-state index in [-0.39, 0.29) is 28.9 Å². The van der Waals surface area contributed by atoms with Crippen LogP contribution in [0.15, 0.2) is 29.4 Å². The maximum atomic E-state index is 11.9. The number of rotatable bonds is 2. The molecule has 0 spiro atoms. The predicted molar refractivity (Wildman–Crippen MR) is 75.6 cm³/mol. The van der Waals surface area contributed by atoms with Crippen LogP contribution in [-0.4, -0.2) is 22.5 Å². The van der Waals surface area contributed by atoms with Crippen molar-refractivity contribution in [1.82, 2.24) is 5.43 Å². The summed E-state index contributed by atoms with van der Waals surface area (Å²) in [6.07, 6.45) is 1.50. The molecule has 0 bridgehead atoms. The number of aromatic hydroxyl groups is 1. The Hall–Kier alpha value is -2.17. The molecule has 1 aromatic rings. The molecule has 1 aromatic carbocycles. The second-order valence-corrected chi connectivity index (χ2v) is 5.87. The maximum Gasteiger partial charge on any atom is 0.275 e. The molecule has 0 unspecified atom stereocenters. The van der Waals surface area contributed by atoms with E-state index in [2.05, 4.69) is 10.5 Å². The SMILES string of the molecule is CC1(C)CC(=O)CC(=NNC(=O)c2ccccc2O)C1. The van der Waals surface area contributed by atoms with Crippen molar-refractivity contribution in [3.05, 3.63) is 29.8 Å². The van der Waals surface area contributed by atoms with Gasteiger partial charge in [0.2, 0.25) is 0 Å². The second kappa shape index (κ2) is 5.45. The average molecular weight is 274 g/mol. The molecule has 1 saturated carbocycles.